The Morgan fingerprint density at radius 2 is 2.04 bits per heavy atom. The number of halogens is 1. The Bertz CT molecular complexity index is 617. The van der Waals surface area contributed by atoms with Gasteiger partial charge in [-0.25, -0.2) is 0 Å². The monoisotopic (exact) mass is 367 g/mol. The van der Waals surface area contributed by atoms with Crippen LogP contribution in [0, 0.1) is 5.41 Å². The number of ether oxygens (including phenoxy) is 1. The minimum absolute atomic E-state index is 0. The van der Waals surface area contributed by atoms with Gasteiger partial charge in [-0.15, -0.1) is 12.4 Å². The van der Waals surface area contributed by atoms with Crippen molar-refractivity contribution in [3.8, 4) is 5.75 Å². The zero-order valence-electron chi connectivity index (χ0n) is 14.5. The van der Waals surface area contributed by atoms with Crippen molar-refractivity contribution in [2.75, 3.05) is 37.7 Å². The fraction of sp³-hybridized carbons (Fsp3) is 0.556. The highest BCUT2D eigenvalue weighted by Crippen LogP contribution is 2.31. The maximum atomic E-state index is 12.2. The standard InChI is InChI=1S/C18H25N3O3.ClH/c1-18(7-9-19-10-8-18)13-20-16(22)6-11-21-14-4-2-3-5-15(14)24-12-17(21)23;/h2-5,19H,6-13H2,1H3,(H,20,22);1H. The largest absolute Gasteiger partial charge is 0.482 e. The van der Waals surface area contributed by atoms with Gasteiger partial charge in [-0.05, 0) is 43.5 Å². The minimum atomic E-state index is -0.105. The van der Waals surface area contributed by atoms with Gasteiger partial charge >= 0.3 is 0 Å². The zero-order valence-corrected chi connectivity index (χ0v) is 15.4. The van der Waals surface area contributed by atoms with Crippen LogP contribution in [0.4, 0.5) is 5.69 Å². The van der Waals surface area contributed by atoms with Crippen molar-refractivity contribution < 1.29 is 14.3 Å². The van der Waals surface area contributed by atoms with Gasteiger partial charge in [0.05, 0.1) is 5.69 Å². The molecule has 2 aliphatic rings. The van der Waals surface area contributed by atoms with Gasteiger partial charge in [0.2, 0.25) is 5.91 Å². The highest BCUT2D eigenvalue weighted by Gasteiger charge is 2.28. The summed E-state index contributed by atoms with van der Waals surface area (Å²) in [6.07, 6.45) is 2.44. The topological polar surface area (TPSA) is 70.7 Å². The molecule has 1 aromatic carbocycles. The fourth-order valence-electron chi connectivity index (χ4n) is 3.22. The van der Waals surface area contributed by atoms with Gasteiger partial charge < -0.3 is 20.3 Å². The molecule has 2 aliphatic heterocycles. The average molecular weight is 368 g/mol. The molecule has 2 heterocycles. The van der Waals surface area contributed by atoms with Crippen LogP contribution in [0.5, 0.6) is 5.75 Å². The van der Waals surface area contributed by atoms with Crippen molar-refractivity contribution in [3.63, 3.8) is 0 Å². The van der Waals surface area contributed by atoms with E-state index in [0.717, 1.165) is 31.6 Å². The van der Waals surface area contributed by atoms with Gasteiger partial charge in [0.25, 0.3) is 5.91 Å². The molecule has 2 amide bonds. The second kappa shape index (κ2) is 8.54. The molecule has 1 saturated heterocycles. The smallest absolute Gasteiger partial charge is 0.265 e. The number of carbonyl (C=O) groups is 2. The molecule has 138 valence electrons. The molecule has 2 N–H and O–H groups in total. The quantitative estimate of drug-likeness (QED) is 0.831. The molecular formula is C18H26ClN3O3. The van der Waals surface area contributed by atoms with E-state index in [1.807, 2.05) is 24.3 Å². The Kier molecular flexibility index (Phi) is 6.67. The summed E-state index contributed by atoms with van der Waals surface area (Å²) in [6, 6.07) is 7.43. The number of anilines is 1. The molecule has 0 unspecified atom stereocenters. The molecule has 0 bridgehead atoms. The van der Waals surface area contributed by atoms with Crippen LogP contribution in [-0.4, -0.2) is 44.6 Å². The van der Waals surface area contributed by atoms with Crippen LogP contribution >= 0.6 is 12.4 Å². The van der Waals surface area contributed by atoms with Crippen LogP contribution < -0.4 is 20.3 Å². The number of nitrogens with zero attached hydrogens (tertiary/aromatic N) is 1. The molecule has 0 radical (unpaired) electrons. The molecule has 7 heteroatoms. The molecule has 0 aromatic heterocycles. The Labute approximate surface area is 154 Å². The van der Waals surface area contributed by atoms with E-state index in [0.29, 0.717) is 25.3 Å². The van der Waals surface area contributed by atoms with Crippen molar-refractivity contribution in [1.29, 1.82) is 0 Å². The summed E-state index contributed by atoms with van der Waals surface area (Å²) in [5, 5.41) is 6.38. The lowest BCUT2D eigenvalue weighted by Crippen LogP contribution is -2.44. The summed E-state index contributed by atoms with van der Waals surface area (Å²) in [7, 11) is 0. The van der Waals surface area contributed by atoms with Crippen LogP contribution in [0.1, 0.15) is 26.2 Å². The third-order valence-electron chi connectivity index (χ3n) is 4.89. The predicted octanol–water partition coefficient (Wildman–Crippen LogP) is 1.73. The van der Waals surface area contributed by atoms with Crippen molar-refractivity contribution >= 4 is 29.9 Å². The number of carbonyl (C=O) groups excluding carboxylic acids is 2. The van der Waals surface area contributed by atoms with E-state index in [9.17, 15) is 9.59 Å². The maximum absolute atomic E-state index is 12.2. The first kappa shape index (κ1) is 19.5. The lowest BCUT2D eigenvalue weighted by Gasteiger charge is -2.34. The van der Waals surface area contributed by atoms with E-state index in [4.69, 9.17) is 4.74 Å². The van der Waals surface area contributed by atoms with Crippen LogP contribution in [-0.2, 0) is 9.59 Å². The molecule has 0 saturated carbocycles. The van der Waals surface area contributed by atoms with Gasteiger partial charge in [0.1, 0.15) is 5.75 Å². The van der Waals surface area contributed by atoms with Crippen LogP contribution in [0.2, 0.25) is 0 Å². The van der Waals surface area contributed by atoms with Gasteiger partial charge in [0.15, 0.2) is 6.61 Å². The van der Waals surface area contributed by atoms with Gasteiger partial charge in [0, 0.05) is 19.5 Å². The molecule has 25 heavy (non-hydrogen) atoms. The van der Waals surface area contributed by atoms with Crippen molar-refractivity contribution in [1.82, 2.24) is 10.6 Å². The highest BCUT2D eigenvalue weighted by molar-refractivity contribution is 5.98. The Morgan fingerprint density at radius 1 is 1.32 bits per heavy atom. The Hall–Kier alpha value is -1.79. The highest BCUT2D eigenvalue weighted by atomic mass is 35.5. The number of hydrogen-bond acceptors (Lipinski definition) is 4. The molecule has 0 aliphatic carbocycles. The van der Waals surface area contributed by atoms with Gasteiger partial charge in [-0.3, -0.25) is 9.59 Å². The molecule has 1 fully saturated rings. The van der Waals surface area contributed by atoms with Gasteiger partial charge in [-0.1, -0.05) is 19.1 Å². The summed E-state index contributed by atoms with van der Waals surface area (Å²) in [4.78, 5) is 25.9. The summed E-state index contributed by atoms with van der Waals surface area (Å²) in [5.74, 6) is 0.582. The molecule has 0 atom stereocenters. The van der Waals surface area contributed by atoms with E-state index in [2.05, 4.69) is 17.6 Å². The lowest BCUT2D eigenvalue weighted by molar-refractivity contribution is -0.122. The first-order valence-corrected chi connectivity index (χ1v) is 8.57. The van der Waals surface area contributed by atoms with Crippen molar-refractivity contribution in [3.05, 3.63) is 24.3 Å². The number of fused-ring (bicyclic) bond motifs is 1. The number of benzene rings is 1. The van der Waals surface area contributed by atoms with Gasteiger partial charge in [-0.2, -0.15) is 0 Å². The number of amides is 2. The first-order valence-electron chi connectivity index (χ1n) is 8.57. The second-order valence-electron chi connectivity index (χ2n) is 6.89. The zero-order chi connectivity index (χ0) is 17.0. The van der Waals surface area contributed by atoms with E-state index in [1.54, 1.807) is 4.90 Å². The van der Waals surface area contributed by atoms with Crippen molar-refractivity contribution in [2.24, 2.45) is 5.41 Å². The third kappa shape index (κ3) is 4.86. The second-order valence-corrected chi connectivity index (χ2v) is 6.89. The third-order valence-corrected chi connectivity index (χ3v) is 4.89. The summed E-state index contributed by atoms with van der Waals surface area (Å²) in [6.45, 7) is 5.33. The van der Waals surface area contributed by atoms with Crippen LogP contribution in [0.15, 0.2) is 24.3 Å². The minimum Gasteiger partial charge on any atom is -0.482 e. The number of para-hydroxylation sites is 2. The molecule has 3 rings (SSSR count). The molecular weight excluding hydrogens is 342 g/mol. The molecule has 0 spiro atoms. The average Bonchev–Trinajstić information content (AvgIpc) is 2.60. The summed E-state index contributed by atoms with van der Waals surface area (Å²) < 4.78 is 5.42. The summed E-state index contributed by atoms with van der Waals surface area (Å²) in [5.41, 5.74) is 0.911. The number of piperidine rings is 1. The number of rotatable bonds is 5. The number of nitrogens with one attached hydrogen (secondary N) is 2. The molecule has 1 aromatic rings. The van der Waals surface area contributed by atoms with E-state index >= 15 is 0 Å². The predicted molar refractivity (Wildman–Crippen MR) is 99.4 cm³/mol. The Balaban J connectivity index is 0.00000225. The normalized spacial score (nSPS) is 18.6. The SMILES string of the molecule is CC1(CNC(=O)CCN2C(=O)COc3ccccc32)CCNCC1.Cl. The van der Waals surface area contributed by atoms with E-state index in [-0.39, 0.29) is 36.2 Å². The summed E-state index contributed by atoms with van der Waals surface area (Å²) >= 11 is 0. The van der Waals surface area contributed by atoms with Crippen LogP contribution in [0.25, 0.3) is 0 Å². The van der Waals surface area contributed by atoms with E-state index < -0.39 is 0 Å². The maximum Gasteiger partial charge on any atom is 0.265 e. The van der Waals surface area contributed by atoms with Crippen molar-refractivity contribution in [2.45, 2.75) is 26.2 Å². The Morgan fingerprint density at radius 3 is 2.80 bits per heavy atom. The van der Waals surface area contributed by atoms with Crippen LogP contribution in [0.3, 0.4) is 0 Å². The molecule has 6 nitrogen and oxygen atoms in total. The first-order chi connectivity index (χ1) is 11.6. The number of hydrogen-bond donors (Lipinski definition) is 2. The fourth-order valence-corrected chi connectivity index (χ4v) is 3.22. The van der Waals surface area contributed by atoms with E-state index in [1.165, 1.54) is 0 Å². The lowest BCUT2D eigenvalue weighted by atomic mass is 9.81.